The fourth-order valence-corrected chi connectivity index (χ4v) is 2.14. The van der Waals surface area contributed by atoms with Gasteiger partial charge in [0, 0.05) is 11.6 Å². The summed E-state index contributed by atoms with van der Waals surface area (Å²) in [5, 5.41) is 8.48. The number of rotatable bonds is 4. The number of hydrogen-bond acceptors (Lipinski definition) is 3. The van der Waals surface area contributed by atoms with Crippen molar-refractivity contribution in [3.63, 3.8) is 0 Å². The van der Waals surface area contributed by atoms with Gasteiger partial charge in [-0.05, 0) is 32.1 Å². The van der Waals surface area contributed by atoms with Crippen molar-refractivity contribution in [3.05, 3.63) is 23.5 Å². The molecule has 1 aliphatic rings. The average Bonchev–Trinajstić information content (AvgIpc) is 2.31. The molecule has 1 N–H and O–H groups in total. The van der Waals surface area contributed by atoms with Crippen LogP contribution in [0.4, 0.5) is 0 Å². The van der Waals surface area contributed by atoms with E-state index in [1.54, 1.807) is 0 Å². The Labute approximate surface area is 95.9 Å². The van der Waals surface area contributed by atoms with Crippen molar-refractivity contribution < 1.29 is 14.7 Å². The molecule has 0 aromatic rings. The van der Waals surface area contributed by atoms with Gasteiger partial charge in [-0.1, -0.05) is 18.9 Å². The Hall–Kier alpha value is -1.38. The molecule has 0 unspecified atom stereocenters. The number of hydrogen-bond donors (Lipinski definition) is 1. The molecular formula is C13H18O3. The van der Waals surface area contributed by atoms with Crippen LogP contribution in [-0.2, 0) is 9.59 Å². The number of Topliss-reactive ketones (excluding diaryl/α,β-unsaturated/α-hetero) is 1. The molecule has 1 fully saturated rings. The minimum absolute atomic E-state index is 0.454. The van der Waals surface area contributed by atoms with Crippen molar-refractivity contribution in [2.75, 3.05) is 0 Å². The Morgan fingerprint density at radius 1 is 1.25 bits per heavy atom. The average molecular weight is 222 g/mol. The predicted molar refractivity (Wildman–Crippen MR) is 62.2 cm³/mol. The zero-order valence-corrected chi connectivity index (χ0v) is 9.66. The van der Waals surface area contributed by atoms with Crippen molar-refractivity contribution in [1.29, 1.82) is 0 Å². The van der Waals surface area contributed by atoms with Gasteiger partial charge in [-0.3, -0.25) is 9.59 Å². The molecule has 0 aromatic heterocycles. The zero-order valence-electron chi connectivity index (χ0n) is 9.66. The smallest absolute Gasteiger partial charge is 0.229 e. The fourth-order valence-electron chi connectivity index (χ4n) is 2.14. The highest BCUT2D eigenvalue weighted by molar-refractivity contribution is 6.47. The Kier molecular flexibility index (Phi) is 4.96. The first-order valence-electron chi connectivity index (χ1n) is 5.81. The third-order valence-corrected chi connectivity index (χ3v) is 2.96. The maximum atomic E-state index is 11.8. The van der Waals surface area contributed by atoms with E-state index in [0.29, 0.717) is 18.3 Å². The second-order valence-electron chi connectivity index (χ2n) is 4.01. The van der Waals surface area contributed by atoms with Gasteiger partial charge in [-0.25, -0.2) is 0 Å². The van der Waals surface area contributed by atoms with E-state index in [9.17, 15) is 9.59 Å². The number of carbonyl (C=O) groups excluding carboxylic acids is 2. The summed E-state index contributed by atoms with van der Waals surface area (Å²) in [7, 11) is 0. The van der Waals surface area contributed by atoms with Crippen molar-refractivity contribution in [1.82, 2.24) is 0 Å². The van der Waals surface area contributed by atoms with Crippen molar-refractivity contribution >= 4 is 11.6 Å². The molecule has 16 heavy (non-hydrogen) atoms. The van der Waals surface area contributed by atoms with Gasteiger partial charge in [0.05, 0.1) is 6.26 Å². The van der Waals surface area contributed by atoms with Crippen LogP contribution >= 0.6 is 0 Å². The Bertz CT molecular complexity index is 329. The van der Waals surface area contributed by atoms with Crippen LogP contribution in [0.25, 0.3) is 0 Å². The summed E-state index contributed by atoms with van der Waals surface area (Å²) in [5.41, 5.74) is 1.79. The normalized spacial score (nSPS) is 16.4. The first kappa shape index (κ1) is 12.7. The molecule has 0 heterocycles. The van der Waals surface area contributed by atoms with Crippen molar-refractivity contribution in [2.24, 2.45) is 0 Å². The highest BCUT2D eigenvalue weighted by Crippen LogP contribution is 2.27. The van der Waals surface area contributed by atoms with E-state index in [-0.39, 0.29) is 0 Å². The molecule has 1 aliphatic carbocycles. The lowest BCUT2D eigenvalue weighted by Crippen LogP contribution is -2.16. The van der Waals surface area contributed by atoms with Gasteiger partial charge < -0.3 is 5.11 Å². The number of carbonyl (C=O) groups is 2. The van der Waals surface area contributed by atoms with E-state index in [0.717, 1.165) is 37.3 Å². The van der Waals surface area contributed by atoms with Crippen LogP contribution in [0.1, 0.15) is 45.4 Å². The van der Waals surface area contributed by atoms with Gasteiger partial charge in [0.25, 0.3) is 0 Å². The zero-order chi connectivity index (χ0) is 12.0. The largest absolute Gasteiger partial charge is 0.515 e. The topological polar surface area (TPSA) is 54.4 Å². The van der Waals surface area contributed by atoms with E-state index < -0.39 is 11.6 Å². The minimum atomic E-state index is -0.627. The second kappa shape index (κ2) is 6.26. The molecule has 0 amide bonds. The summed E-state index contributed by atoms with van der Waals surface area (Å²) in [4.78, 5) is 23.1. The lowest BCUT2D eigenvalue weighted by atomic mass is 9.87. The van der Waals surface area contributed by atoms with Gasteiger partial charge >= 0.3 is 0 Å². The molecule has 0 bridgehead atoms. The van der Waals surface area contributed by atoms with Crippen LogP contribution in [-0.4, -0.2) is 16.7 Å². The summed E-state index contributed by atoms with van der Waals surface area (Å²) < 4.78 is 0. The maximum absolute atomic E-state index is 11.8. The first-order chi connectivity index (χ1) is 7.70. The molecule has 88 valence electrons. The lowest BCUT2D eigenvalue weighted by molar-refractivity contribution is -0.131. The lowest BCUT2D eigenvalue weighted by Gasteiger charge is -2.17. The van der Waals surface area contributed by atoms with E-state index in [1.807, 2.05) is 6.92 Å². The second-order valence-corrected chi connectivity index (χ2v) is 4.01. The molecule has 3 nitrogen and oxygen atoms in total. The number of aliphatic hydroxyl groups excluding tert-OH is 1. The van der Waals surface area contributed by atoms with E-state index in [1.165, 1.54) is 6.42 Å². The van der Waals surface area contributed by atoms with Gasteiger partial charge in [0.1, 0.15) is 0 Å². The van der Waals surface area contributed by atoms with Crippen LogP contribution in [0.5, 0.6) is 0 Å². The Morgan fingerprint density at radius 3 is 2.38 bits per heavy atom. The van der Waals surface area contributed by atoms with Gasteiger partial charge in [0.15, 0.2) is 0 Å². The number of aliphatic hydroxyl groups is 1. The summed E-state index contributed by atoms with van der Waals surface area (Å²) in [5.74, 6) is -1.08. The fraction of sp³-hybridized carbons (Fsp3) is 0.538. The van der Waals surface area contributed by atoms with Crippen molar-refractivity contribution in [3.8, 4) is 0 Å². The van der Waals surface area contributed by atoms with E-state index in [4.69, 9.17) is 5.11 Å². The summed E-state index contributed by atoms with van der Waals surface area (Å²) in [6.07, 6.45) is 7.43. The van der Waals surface area contributed by atoms with Crippen LogP contribution in [0.15, 0.2) is 23.5 Å². The first-order valence-corrected chi connectivity index (χ1v) is 5.81. The standard InChI is InChI=1S/C13H18O3/c1-2-11(10-6-4-3-5-7-10)13(16)12(15)8-9-14/h8-9,14H,2-7H2,1H3. The predicted octanol–water partition coefficient (Wildman–Crippen LogP) is 2.87. The summed E-state index contributed by atoms with van der Waals surface area (Å²) >= 11 is 0. The Balaban J connectivity index is 2.88. The summed E-state index contributed by atoms with van der Waals surface area (Å²) in [6.45, 7) is 1.89. The number of allylic oxidation sites excluding steroid dienone is 3. The molecule has 1 saturated carbocycles. The highest BCUT2D eigenvalue weighted by Gasteiger charge is 2.20. The molecule has 0 atom stereocenters. The maximum Gasteiger partial charge on any atom is 0.229 e. The molecule has 0 radical (unpaired) electrons. The van der Waals surface area contributed by atoms with E-state index >= 15 is 0 Å². The van der Waals surface area contributed by atoms with Crippen LogP contribution < -0.4 is 0 Å². The molecule has 0 aromatic carbocycles. The molecule has 0 aliphatic heterocycles. The number of ketones is 2. The molecule has 1 rings (SSSR count). The van der Waals surface area contributed by atoms with Crippen LogP contribution in [0.3, 0.4) is 0 Å². The van der Waals surface area contributed by atoms with Gasteiger partial charge in [0.2, 0.25) is 11.6 Å². The molecular weight excluding hydrogens is 204 g/mol. The quantitative estimate of drug-likeness (QED) is 0.452. The van der Waals surface area contributed by atoms with Crippen LogP contribution in [0, 0.1) is 0 Å². The monoisotopic (exact) mass is 222 g/mol. The third-order valence-electron chi connectivity index (χ3n) is 2.96. The van der Waals surface area contributed by atoms with Gasteiger partial charge in [-0.15, -0.1) is 0 Å². The van der Waals surface area contributed by atoms with Crippen molar-refractivity contribution in [2.45, 2.75) is 45.4 Å². The minimum Gasteiger partial charge on any atom is -0.515 e. The third kappa shape index (κ3) is 3.05. The molecule has 0 saturated heterocycles. The van der Waals surface area contributed by atoms with E-state index in [2.05, 4.69) is 0 Å². The summed E-state index contributed by atoms with van der Waals surface area (Å²) in [6, 6.07) is 0. The SMILES string of the molecule is CCC(C(=O)C(=O)C=CO)=C1CCCCC1. The highest BCUT2D eigenvalue weighted by atomic mass is 16.2. The Morgan fingerprint density at radius 2 is 1.88 bits per heavy atom. The van der Waals surface area contributed by atoms with Crippen LogP contribution in [0.2, 0.25) is 0 Å². The molecule has 3 heteroatoms. The van der Waals surface area contributed by atoms with Gasteiger partial charge in [-0.2, -0.15) is 0 Å². The molecule has 0 spiro atoms.